The molecule has 0 bridgehead atoms. The fourth-order valence-electron chi connectivity index (χ4n) is 3.05. The van der Waals surface area contributed by atoms with Crippen molar-refractivity contribution in [1.29, 1.82) is 0 Å². The highest BCUT2D eigenvalue weighted by Crippen LogP contribution is 2.29. The Morgan fingerprint density at radius 1 is 1.06 bits per heavy atom. The molecule has 186 valence electrons. The van der Waals surface area contributed by atoms with E-state index in [0.717, 1.165) is 12.1 Å². The fraction of sp³-hybridized carbons (Fsp3) is 0.600. The lowest BCUT2D eigenvalue weighted by molar-refractivity contribution is -0.294. The Labute approximate surface area is 187 Å². The molecular formula is C20H27F3N2O8. The van der Waals surface area contributed by atoms with Crippen LogP contribution in [-0.4, -0.2) is 82.6 Å². The lowest BCUT2D eigenvalue weighted by Crippen LogP contribution is -2.60. The standard InChI is InChI=1S/C20H27F3N2O8/c21-20(22,23)12-6-4-11(5-7-12)13(25-32-10-8-24)3-1-2-9-31-19-16(28)14(26)15(27)17(33-19)18(29)30/h4-7,14-17,19,26-28H,1-3,8-10,24H2,(H,29,30)/b25-13-/t14-,15-,16+,17-,19+/m0/s1. The van der Waals surface area contributed by atoms with E-state index in [9.17, 15) is 33.3 Å². The Balaban J connectivity index is 1.91. The summed E-state index contributed by atoms with van der Waals surface area (Å²) < 4.78 is 48.7. The summed E-state index contributed by atoms with van der Waals surface area (Å²) in [6, 6.07) is 4.46. The van der Waals surface area contributed by atoms with Crippen molar-refractivity contribution in [2.45, 2.75) is 56.1 Å². The van der Waals surface area contributed by atoms with Crippen molar-refractivity contribution < 1.29 is 52.7 Å². The number of hydrogen-bond acceptors (Lipinski definition) is 9. The number of nitrogens with two attached hydrogens (primary N) is 1. The number of carbonyl (C=O) groups is 1. The van der Waals surface area contributed by atoms with E-state index in [4.69, 9.17) is 25.2 Å². The van der Waals surface area contributed by atoms with E-state index in [1.165, 1.54) is 12.1 Å². The van der Waals surface area contributed by atoms with Gasteiger partial charge in [-0.25, -0.2) is 4.79 Å². The molecule has 1 aromatic carbocycles. The summed E-state index contributed by atoms with van der Waals surface area (Å²) in [5, 5.41) is 42.3. The zero-order valence-electron chi connectivity index (χ0n) is 17.5. The molecule has 0 aliphatic carbocycles. The molecule has 6 N–H and O–H groups in total. The topological polar surface area (TPSA) is 164 Å². The summed E-state index contributed by atoms with van der Waals surface area (Å²) in [4.78, 5) is 16.2. The van der Waals surface area contributed by atoms with Gasteiger partial charge in [-0.15, -0.1) is 0 Å². The Morgan fingerprint density at radius 2 is 1.73 bits per heavy atom. The number of hydrogen-bond donors (Lipinski definition) is 5. The predicted octanol–water partition coefficient (Wildman–Crippen LogP) is 0.464. The lowest BCUT2D eigenvalue weighted by Gasteiger charge is -2.38. The van der Waals surface area contributed by atoms with Crippen molar-refractivity contribution in [3.05, 3.63) is 35.4 Å². The smallest absolute Gasteiger partial charge is 0.416 e. The molecule has 0 aromatic heterocycles. The molecule has 33 heavy (non-hydrogen) atoms. The largest absolute Gasteiger partial charge is 0.479 e. The number of halogens is 3. The van der Waals surface area contributed by atoms with Crippen LogP contribution in [-0.2, 0) is 25.3 Å². The second-order valence-corrected chi connectivity index (χ2v) is 7.30. The van der Waals surface area contributed by atoms with Crippen LogP contribution in [0.15, 0.2) is 29.4 Å². The molecule has 0 unspecified atom stereocenters. The summed E-state index contributed by atoms with van der Waals surface area (Å²) in [7, 11) is 0. The minimum absolute atomic E-state index is 0.000823. The quantitative estimate of drug-likeness (QED) is 0.172. The van der Waals surface area contributed by atoms with Crippen molar-refractivity contribution in [2.24, 2.45) is 10.9 Å². The monoisotopic (exact) mass is 480 g/mol. The summed E-state index contributed by atoms with van der Waals surface area (Å²) >= 11 is 0. The van der Waals surface area contributed by atoms with E-state index in [-0.39, 0.29) is 19.8 Å². The molecule has 13 heteroatoms. The number of ether oxygens (including phenoxy) is 2. The SMILES string of the molecule is NCCO/N=C(/CCCCO[C@@H]1O[C@H](C(=O)O)[C@@H](O)[C@H](O)[C@H]1O)c1ccc(C(F)(F)F)cc1. The number of aliphatic hydroxyl groups excluding tert-OH is 3. The number of nitrogens with zero attached hydrogens (tertiary/aromatic N) is 1. The van der Waals surface area contributed by atoms with Gasteiger partial charge in [0, 0.05) is 13.2 Å². The van der Waals surface area contributed by atoms with Gasteiger partial charge in [-0.3, -0.25) is 0 Å². The highest BCUT2D eigenvalue weighted by molar-refractivity contribution is 6.00. The van der Waals surface area contributed by atoms with Gasteiger partial charge in [-0.05, 0) is 37.0 Å². The molecule has 5 atom stereocenters. The van der Waals surface area contributed by atoms with Crippen LogP contribution in [0.5, 0.6) is 0 Å². The second kappa shape index (κ2) is 12.3. The third kappa shape index (κ3) is 7.62. The Kier molecular flexibility index (Phi) is 10.0. The number of unbranched alkanes of at least 4 members (excludes halogenated alkanes) is 1. The average Bonchev–Trinajstić information content (AvgIpc) is 2.76. The minimum atomic E-state index is -4.46. The van der Waals surface area contributed by atoms with Crippen LogP contribution in [0.2, 0.25) is 0 Å². The zero-order chi connectivity index (χ0) is 24.6. The van der Waals surface area contributed by atoms with Gasteiger partial charge in [-0.1, -0.05) is 17.3 Å². The molecular weight excluding hydrogens is 453 g/mol. The minimum Gasteiger partial charge on any atom is -0.479 e. The first kappa shape index (κ1) is 27.0. The zero-order valence-corrected chi connectivity index (χ0v) is 17.5. The highest BCUT2D eigenvalue weighted by atomic mass is 19.4. The molecule has 1 aliphatic rings. The number of rotatable bonds is 11. The van der Waals surface area contributed by atoms with Gasteiger partial charge in [-0.2, -0.15) is 13.2 Å². The summed E-state index contributed by atoms with van der Waals surface area (Å²) in [6.45, 7) is 0.336. The average molecular weight is 480 g/mol. The van der Waals surface area contributed by atoms with Crippen molar-refractivity contribution in [3.8, 4) is 0 Å². The molecule has 0 amide bonds. The summed E-state index contributed by atoms with van der Waals surface area (Å²) in [5.74, 6) is -1.52. The molecule has 1 aliphatic heterocycles. The Hall–Kier alpha value is -2.29. The van der Waals surface area contributed by atoms with Crippen LogP contribution < -0.4 is 5.73 Å². The van der Waals surface area contributed by atoms with Crippen molar-refractivity contribution >= 4 is 11.7 Å². The van der Waals surface area contributed by atoms with E-state index < -0.39 is 48.4 Å². The molecule has 2 rings (SSSR count). The molecule has 0 saturated carbocycles. The van der Waals surface area contributed by atoms with E-state index in [1.807, 2.05) is 0 Å². The first-order valence-corrected chi connectivity index (χ1v) is 10.2. The van der Waals surface area contributed by atoms with Gasteiger partial charge in [0.1, 0.15) is 24.9 Å². The van der Waals surface area contributed by atoms with Crippen LogP contribution in [0.1, 0.15) is 30.4 Å². The van der Waals surface area contributed by atoms with Crippen LogP contribution in [0, 0.1) is 0 Å². The third-order valence-electron chi connectivity index (χ3n) is 4.83. The Morgan fingerprint density at radius 3 is 2.30 bits per heavy atom. The number of oxime groups is 1. The molecule has 0 spiro atoms. The molecule has 1 heterocycles. The molecule has 1 saturated heterocycles. The molecule has 1 fully saturated rings. The van der Waals surface area contributed by atoms with Crippen LogP contribution in [0.25, 0.3) is 0 Å². The van der Waals surface area contributed by atoms with Gasteiger partial charge in [0.2, 0.25) is 0 Å². The van der Waals surface area contributed by atoms with E-state index >= 15 is 0 Å². The van der Waals surface area contributed by atoms with Gasteiger partial charge >= 0.3 is 12.1 Å². The van der Waals surface area contributed by atoms with E-state index in [2.05, 4.69) is 5.16 Å². The first-order valence-electron chi connectivity index (χ1n) is 10.2. The maximum Gasteiger partial charge on any atom is 0.416 e. The number of alkyl halides is 3. The van der Waals surface area contributed by atoms with Gasteiger partial charge in [0.15, 0.2) is 12.4 Å². The lowest BCUT2D eigenvalue weighted by atomic mass is 9.99. The van der Waals surface area contributed by atoms with E-state index in [0.29, 0.717) is 30.5 Å². The van der Waals surface area contributed by atoms with Gasteiger partial charge in [0.05, 0.1) is 11.3 Å². The van der Waals surface area contributed by atoms with Gasteiger partial charge in [0.25, 0.3) is 0 Å². The number of benzene rings is 1. The van der Waals surface area contributed by atoms with E-state index in [1.54, 1.807) is 0 Å². The highest BCUT2D eigenvalue weighted by Gasteiger charge is 2.47. The number of carboxylic acids is 1. The molecule has 0 radical (unpaired) electrons. The van der Waals surface area contributed by atoms with Crippen LogP contribution >= 0.6 is 0 Å². The van der Waals surface area contributed by atoms with Crippen molar-refractivity contribution in [2.75, 3.05) is 19.8 Å². The fourth-order valence-corrected chi connectivity index (χ4v) is 3.05. The Bertz CT molecular complexity index is 791. The first-order chi connectivity index (χ1) is 15.6. The molecule has 10 nitrogen and oxygen atoms in total. The third-order valence-corrected chi connectivity index (χ3v) is 4.83. The summed E-state index contributed by atoms with van der Waals surface area (Å²) in [5.41, 5.74) is 5.40. The van der Waals surface area contributed by atoms with Crippen molar-refractivity contribution in [3.63, 3.8) is 0 Å². The van der Waals surface area contributed by atoms with Crippen LogP contribution in [0.4, 0.5) is 13.2 Å². The van der Waals surface area contributed by atoms with Crippen molar-refractivity contribution in [1.82, 2.24) is 0 Å². The number of carboxylic acid groups (broad SMARTS) is 1. The maximum absolute atomic E-state index is 12.8. The maximum atomic E-state index is 12.8. The number of aliphatic hydroxyl groups is 3. The normalized spacial score (nSPS) is 26.3. The summed E-state index contributed by atoms with van der Waals surface area (Å²) in [6.07, 6.45) is -11.8. The molecule has 1 aromatic rings. The van der Waals surface area contributed by atoms with Crippen LogP contribution in [0.3, 0.4) is 0 Å². The van der Waals surface area contributed by atoms with Gasteiger partial charge < -0.3 is 40.5 Å². The number of aliphatic carboxylic acids is 1. The predicted molar refractivity (Wildman–Crippen MR) is 107 cm³/mol. The second-order valence-electron chi connectivity index (χ2n) is 7.30.